The van der Waals surface area contributed by atoms with Crippen molar-refractivity contribution in [1.82, 2.24) is 9.88 Å². The van der Waals surface area contributed by atoms with Gasteiger partial charge >= 0.3 is 10.1 Å². The molecule has 0 spiro atoms. The Bertz CT molecular complexity index is 1320. The molecular weight excluding hydrogens is 544 g/mol. The highest BCUT2D eigenvalue weighted by Crippen LogP contribution is 2.31. The lowest BCUT2D eigenvalue weighted by Crippen LogP contribution is -2.40. The molecule has 10 heteroatoms. The van der Waals surface area contributed by atoms with E-state index in [2.05, 4.69) is 62.1 Å². The summed E-state index contributed by atoms with van der Waals surface area (Å²) in [5.74, 6) is 0.532. The highest BCUT2D eigenvalue weighted by molar-refractivity contribution is 7.87. The molecule has 0 saturated carbocycles. The van der Waals surface area contributed by atoms with Crippen molar-refractivity contribution in [3.05, 3.63) is 42.5 Å². The van der Waals surface area contributed by atoms with Crippen molar-refractivity contribution in [3.63, 3.8) is 0 Å². The zero-order valence-corrected chi connectivity index (χ0v) is 26.2. The minimum atomic E-state index is -4.01. The summed E-state index contributed by atoms with van der Waals surface area (Å²) in [4.78, 5) is 19.5. The third-order valence-electron chi connectivity index (χ3n) is 6.85. The Labute approximate surface area is 243 Å². The lowest BCUT2D eigenvalue weighted by atomic mass is 9.94. The van der Waals surface area contributed by atoms with Gasteiger partial charge in [-0.25, -0.2) is 4.98 Å². The molecule has 1 amide bonds. The summed E-state index contributed by atoms with van der Waals surface area (Å²) in [7, 11) is -4.01. The Kier molecular flexibility index (Phi) is 11.8. The van der Waals surface area contributed by atoms with E-state index in [1.165, 1.54) is 11.3 Å². The molecule has 220 valence electrons. The molecule has 0 unspecified atom stereocenters. The zero-order chi connectivity index (χ0) is 29.3. The van der Waals surface area contributed by atoms with Crippen LogP contribution >= 0.6 is 11.3 Å². The Morgan fingerprint density at radius 1 is 1.00 bits per heavy atom. The third kappa shape index (κ3) is 9.17. The second-order valence-electron chi connectivity index (χ2n) is 10.8. The van der Waals surface area contributed by atoms with Gasteiger partial charge < -0.3 is 14.8 Å². The number of fused-ring (bicyclic) bond motifs is 1. The fourth-order valence-corrected chi connectivity index (χ4v) is 6.80. The normalized spacial score (nSPS) is 12.2. The first-order valence-electron chi connectivity index (χ1n) is 14.3. The lowest BCUT2D eigenvalue weighted by molar-refractivity contribution is -0.117. The van der Waals surface area contributed by atoms with Crippen LogP contribution in [0.2, 0.25) is 0 Å². The SMILES string of the molecule is CCCC(CCC)CC(=O)Nc1nc2ccc(OS(=O)(=O)c3ccc(NCCN(C(C)C)C(C)C)cc3)cc2s1. The van der Waals surface area contributed by atoms with Gasteiger partial charge in [-0.2, -0.15) is 8.42 Å². The predicted octanol–water partition coefficient (Wildman–Crippen LogP) is 7.14. The molecule has 1 heterocycles. The van der Waals surface area contributed by atoms with Crippen molar-refractivity contribution in [2.24, 2.45) is 5.92 Å². The number of nitrogens with one attached hydrogen (secondary N) is 2. The van der Waals surface area contributed by atoms with Crippen molar-refractivity contribution >= 4 is 48.4 Å². The van der Waals surface area contributed by atoms with Gasteiger partial charge in [0.05, 0.1) is 10.2 Å². The molecule has 2 aromatic carbocycles. The first kappa shape index (κ1) is 31.8. The second kappa shape index (κ2) is 14.8. The molecule has 3 aromatic rings. The molecular formula is C30H44N4O4S2. The summed E-state index contributed by atoms with van der Waals surface area (Å²) in [5.41, 5.74) is 1.52. The van der Waals surface area contributed by atoms with Crippen molar-refractivity contribution in [2.45, 2.75) is 90.6 Å². The Morgan fingerprint density at radius 3 is 2.25 bits per heavy atom. The van der Waals surface area contributed by atoms with E-state index in [0.29, 0.717) is 35.1 Å². The molecule has 0 aliphatic rings. The number of hydrogen-bond acceptors (Lipinski definition) is 8. The van der Waals surface area contributed by atoms with E-state index < -0.39 is 10.1 Å². The van der Waals surface area contributed by atoms with Crippen molar-refractivity contribution in [1.29, 1.82) is 0 Å². The molecule has 0 fully saturated rings. The summed E-state index contributed by atoms with van der Waals surface area (Å²) in [6.45, 7) is 14.6. The molecule has 8 nitrogen and oxygen atoms in total. The van der Waals surface area contributed by atoms with E-state index in [1.54, 1.807) is 42.5 Å². The van der Waals surface area contributed by atoms with Crippen molar-refractivity contribution in [2.75, 3.05) is 23.7 Å². The average Bonchev–Trinajstić information content (AvgIpc) is 3.27. The first-order valence-corrected chi connectivity index (χ1v) is 16.5. The zero-order valence-electron chi connectivity index (χ0n) is 24.6. The second-order valence-corrected chi connectivity index (χ2v) is 13.3. The number of benzene rings is 2. The third-order valence-corrected chi connectivity index (χ3v) is 9.04. The van der Waals surface area contributed by atoms with E-state index in [-0.39, 0.29) is 16.6 Å². The van der Waals surface area contributed by atoms with Crippen LogP contribution in [-0.4, -0.2) is 49.4 Å². The number of carbonyl (C=O) groups excluding carboxylic acids is 1. The number of carbonyl (C=O) groups is 1. The van der Waals surface area contributed by atoms with Crippen LogP contribution in [0.3, 0.4) is 0 Å². The monoisotopic (exact) mass is 588 g/mol. The number of anilines is 2. The van der Waals surface area contributed by atoms with Gasteiger partial charge in [0.25, 0.3) is 0 Å². The fraction of sp³-hybridized carbons (Fsp3) is 0.533. The standard InChI is InChI=1S/C30H44N4O4S2/c1-7-9-23(10-8-2)19-29(35)33-30-32-27-16-13-25(20-28(27)39-30)38-40(36,37)26-14-11-24(12-15-26)31-17-18-34(21(3)4)22(5)6/h11-16,20-23,31H,7-10,17-19H2,1-6H3,(H,32,33,35). The number of nitrogens with zero attached hydrogens (tertiary/aromatic N) is 2. The summed E-state index contributed by atoms with van der Waals surface area (Å²) in [5, 5.41) is 6.77. The van der Waals surface area contributed by atoms with E-state index in [4.69, 9.17) is 4.18 Å². The molecule has 0 aliphatic carbocycles. The van der Waals surface area contributed by atoms with Crippen LogP contribution in [-0.2, 0) is 14.9 Å². The van der Waals surface area contributed by atoms with Gasteiger partial charge in [-0.3, -0.25) is 9.69 Å². The number of aromatic nitrogens is 1. The largest absolute Gasteiger partial charge is 0.384 e. The minimum absolute atomic E-state index is 0.0416. The summed E-state index contributed by atoms with van der Waals surface area (Å²) in [6.07, 6.45) is 4.66. The van der Waals surface area contributed by atoms with Gasteiger partial charge in [-0.15, -0.1) is 0 Å². The Morgan fingerprint density at radius 2 is 1.65 bits per heavy atom. The highest BCUT2D eigenvalue weighted by Gasteiger charge is 2.19. The lowest BCUT2D eigenvalue weighted by Gasteiger charge is -2.30. The Hall–Kier alpha value is -2.69. The van der Waals surface area contributed by atoms with Crippen LogP contribution in [0.15, 0.2) is 47.4 Å². The molecule has 0 saturated heterocycles. The molecule has 3 rings (SSSR count). The van der Waals surface area contributed by atoms with Crippen LogP contribution in [0.25, 0.3) is 10.2 Å². The number of thiazole rings is 1. The van der Waals surface area contributed by atoms with E-state index in [9.17, 15) is 13.2 Å². The Balaban J connectivity index is 1.61. The van der Waals surface area contributed by atoms with Gasteiger partial charge in [0.1, 0.15) is 10.6 Å². The van der Waals surface area contributed by atoms with Crippen molar-refractivity contribution < 1.29 is 17.4 Å². The average molecular weight is 589 g/mol. The van der Waals surface area contributed by atoms with Crippen LogP contribution in [0.4, 0.5) is 10.8 Å². The minimum Gasteiger partial charge on any atom is -0.384 e. The summed E-state index contributed by atoms with van der Waals surface area (Å²) >= 11 is 1.30. The molecule has 40 heavy (non-hydrogen) atoms. The fourth-order valence-electron chi connectivity index (χ4n) is 4.96. The number of rotatable bonds is 16. The van der Waals surface area contributed by atoms with Gasteiger partial charge in [0.2, 0.25) is 5.91 Å². The van der Waals surface area contributed by atoms with E-state index in [0.717, 1.165) is 49.2 Å². The summed E-state index contributed by atoms with van der Waals surface area (Å²) in [6, 6.07) is 12.4. The smallest absolute Gasteiger partial charge is 0.339 e. The maximum absolute atomic E-state index is 12.9. The molecule has 0 atom stereocenters. The van der Waals surface area contributed by atoms with Gasteiger partial charge in [0.15, 0.2) is 5.13 Å². The van der Waals surface area contributed by atoms with Crippen molar-refractivity contribution in [3.8, 4) is 5.75 Å². The van der Waals surface area contributed by atoms with Gasteiger partial charge in [0, 0.05) is 43.3 Å². The first-order chi connectivity index (χ1) is 19.0. The molecule has 0 bridgehead atoms. The molecule has 0 aliphatic heterocycles. The number of hydrogen-bond donors (Lipinski definition) is 2. The highest BCUT2D eigenvalue weighted by atomic mass is 32.2. The topological polar surface area (TPSA) is 101 Å². The molecule has 0 radical (unpaired) electrons. The van der Waals surface area contributed by atoms with Gasteiger partial charge in [-0.05, 0) is 70.0 Å². The maximum atomic E-state index is 12.9. The number of amides is 1. The van der Waals surface area contributed by atoms with E-state index in [1.807, 2.05) is 0 Å². The predicted molar refractivity (Wildman–Crippen MR) is 166 cm³/mol. The van der Waals surface area contributed by atoms with Crippen LogP contribution < -0.4 is 14.8 Å². The molecule has 2 N–H and O–H groups in total. The van der Waals surface area contributed by atoms with Crippen LogP contribution in [0, 0.1) is 5.92 Å². The maximum Gasteiger partial charge on any atom is 0.339 e. The summed E-state index contributed by atoms with van der Waals surface area (Å²) < 4.78 is 32.1. The van der Waals surface area contributed by atoms with Gasteiger partial charge in [-0.1, -0.05) is 50.9 Å². The quantitative estimate of drug-likeness (QED) is 0.172. The van der Waals surface area contributed by atoms with Crippen LogP contribution in [0.5, 0.6) is 5.75 Å². The van der Waals surface area contributed by atoms with E-state index >= 15 is 0 Å². The molecule has 1 aromatic heterocycles. The van der Waals surface area contributed by atoms with Crippen LogP contribution in [0.1, 0.15) is 73.6 Å².